The highest BCUT2D eigenvalue weighted by Gasteiger charge is 2.49. The van der Waals surface area contributed by atoms with Crippen LogP contribution in [0.3, 0.4) is 0 Å². The van der Waals surface area contributed by atoms with Crippen LogP contribution in [0.5, 0.6) is 0 Å². The summed E-state index contributed by atoms with van der Waals surface area (Å²) >= 11 is 0. The predicted molar refractivity (Wildman–Crippen MR) is 55.5 cm³/mol. The number of nitrogens with one attached hydrogen (secondary N) is 1. The van der Waals surface area contributed by atoms with Crippen LogP contribution in [-0.2, 0) is 4.79 Å². The van der Waals surface area contributed by atoms with Crippen LogP contribution in [0.15, 0.2) is 18.2 Å². The second-order valence-electron chi connectivity index (χ2n) is 3.70. The van der Waals surface area contributed by atoms with Crippen molar-refractivity contribution in [2.75, 3.05) is 5.32 Å². The van der Waals surface area contributed by atoms with Crippen LogP contribution in [0.1, 0.15) is 11.1 Å². The van der Waals surface area contributed by atoms with Crippen LogP contribution < -0.4 is 5.32 Å². The maximum Gasteiger partial charge on any atom is 0.383 e. The van der Waals surface area contributed by atoms with Crippen molar-refractivity contribution in [3.05, 3.63) is 29.3 Å². The summed E-state index contributed by atoms with van der Waals surface area (Å²) in [6, 6.07) is 4.76. The average molecular weight is 249 g/mol. The average Bonchev–Trinajstić information content (AvgIpc) is 2.23. The summed E-state index contributed by atoms with van der Waals surface area (Å²) in [5, 5.41) is 1.80. The molecule has 0 saturated carbocycles. The monoisotopic (exact) mass is 249 g/mol. The minimum atomic E-state index is -4.68. The molecule has 0 fully saturated rings. The smallest absolute Gasteiger partial charge is 0.320 e. The van der Waals surface area contributed by atoms with E-state index in [0.29, 0.717) is 5.56 Å². The number of benzene rings is 1. The molecule has 0 aliphatic rings. The lowest BCUT2D eigenvalue weighted by Gasteiger charge is -2.16. The summed E-state index contributed by atoms with van der Waals surface area (Å²) < 4.78 is 49.3. The molecule has 1 aromatic rings. The number of alkyl halides is 4. The van der Waals surface area contributed by atoms with E-state index in [1.165, 1.54) is 6.07 Å². The second-order valence-corrected chi connectivity index (χ2v) is 3.70. The Morgan fingerprint density at radius 1 is 1.29 bits per heavy atom. The first kappa shape index (κ1) is 13.5. The fourth-order valence-corrected chi connectivity index (χ4v) is 1.18. The lowest BCUT2D eigenvalue weighted by Crippen LogP contribution is -2.41. The zero-order valence-electron chi connectivity index (χ0n) is 9.23. The lowest BCUT2D eigenvalue weighted by atomic mass is 10.1. The number of halogens is 4. The van der Waals surface area contributed by atoms with Crippen molar-refractivity contribution >= 4 is 11.6 Å². The Hall–Kier alpha value is -1.59. The summed E-state index contributed by atoms with van der Waals surface area (Å²) in [6.07, 6.45) is -4.02. The van der Waals surface area contributed by atoms with Crippen molar-refractivity contribution in [3.63, 3.8) is 0 Å². The van der Waals surface area contributed by atoms with Crippen LogP contribution in [-0.4, -0.2) is 18.3 Å². The van der Waals surface area contributed by atoms with Gasteiger partial charge < -0.3 is 5.32 Å². The molecule has 0 aromatic heterocycles. The van der Waals surface area contributed by atoms with Gasteiger partial charge in [0.1, 0.15) is 0 Å². The van der Waals surface area contributed by atoms with E-state index in [-0.39, 0.29) is 5.69 Å². The van der Waals surface area contributed by atoms with E-state index in [9.17, 15) is 22.4 Å². The summed E-state index contributed by atoms with van der Waals surface area (Å²) in [7, 11) is 0. The van der Waals surface area contributed by atoms with Gasteiger partial charge >= 0.3 is 18.3 Å². The van der Waals surface area contributed by atoms with E-state index in [1.807, 2.05) is 0 Å². The van der Waals surface area contributed by atoms with E-state index in [0.717, 1.165) is 5.56 Å². The number of amides is 1. The number of anilines is 1. The Bertz CT molecular complexity index is 431. The van der Waals surface area contributed by atoms with Crippen molar-refractivity contribution in [1.82, 2.24) is 0 Å². The summed E-state index contributed by atoms with van der Waals surface area (Å²) in [5.74, 6) is -6.68. The predicted octanol–water partition coefficient (Wildman–Crippen LogP) is 3.14. The third-order valence-electron chi connectivity index (χ3n) is 2.22. The Kier molecular flexibility index (Phi) is 3.75. The fourth-order valence-electron chi connectivity index (χ4n) is 1.18. The molecule has 94 valence electrons. The topological polar surface area (TPSA) is 29.1 Å². The van der Waals surface area contributed by atoms with Gasteiger partial charge in [0.05, 0.1) is 0 Å². The number of hydrogen-bond acceptors (Lipinski definition) is 1. The molecule has 1 aromatic carbocycles. The van der Waals surface area contributed by atoms with E-state index >= 15 is 0 Å². The molecule has 0 atom stereocenters. The lowest BCUT2D eigenvalue weighted by molar-refractivity contribution is -0.163. The van der Waals surface area contributed by atoms with Crippen LogP contribution in [0.25, 0.3) is 0 Å². The van der Waals surface area contributed by atoms with Crippen molar-refractivity contribution < 1.29 is 22.4 Å². The Labute approximate surface area is 95.6 Å². The molecule has 2 nitrogen and oxygen atoms in total. The molecule has 1 N–H and O–H groups in total. The standard InChI is InChI=1S/C11H11F4NO/c1-6-3-4-7(2)8(5-6)16-10(17)11(14,15)9(12)13/h3-5,9H,1-2H3,(H,16,17). The maximum atomic E-state index is 12.7. The quantitative estimate of drug-likeness (QED) is 0.819. The molecule has 0 spiro atoms. The number of carbonyl (C=O) groups excluding carboxylic acids is 1. The van der Waals surface area contributed by atoms with Gasteiger partial charge in [-0.2, -0.15) is 8.78 Å². The third kappa shape index (κ3) is 2.95. The highest BCUT2D eigenvalue weighted by molar-refractivity contribution is 5.97. The molecular formula is C11H11F4NO. The van der Waals surface area contributed by atoms with Crippen LogP contribution in [0.4, 0.5) is 23.2 Å². The number of hydrogen-bond donors (Lipinski definition) is 1. The molecule has 1 rings (SSSR count). The maximum absolute atomic E-state index is 12.7. The van der Waals surface area contributed by atoms with Gasteiger partial charge in [0.15, 0.2) is 0 Å². The molecule has 17 heavy (non-hydrogen) atoms. The minimum absolute atomic E-state index is 0.107. The second kappa shape index (κ2) is 4.73. The third-order valence-corrected chi connectivity index (χ3v) is 2.22. The SMILES string of the molecule is Cc1ccc(C)c(NC(=O)C(F)(F)C(F)F)c1. The highest BCUT2D eigenvalue weighted by atomic mass is 19.3. The fraction of sp³-hybridized carbons (Fsp3) is 0.364. The van der Waals surface area contributed by atoms with Crippen molar-refractivity contribution in [3.8, 4) is 0 Å². The Morgan fingerprint density at radius 3 is 2.41 bits per heavy atom. The van der Waals surface area contributed by atoms with E-state index in [1.54, 1.807) is 31.3 Å². The molecule has 0 heterocycles. The van der Waals surface area contributed by atoms with Crippen LogP contribution in [0, 0.1) is 13.8 Å². The molecular weight excluding hydrogens is 238 g/mol. The molecule has 6 heteroatoms. The minimum Gasteiger partial charge on any atom is -0.320 e. The molecule has 0 aliphatic carbocycles. The first-order valence-corrected chi connectivity index (χ1v) is 4.80. The van der Waals surface area contributed by atoms with Gasteiger partial charge in [0.2, 0.25) is 0 Å². The van der Waals surface area contributed by atoms with Gasteiger partial charge in [-0.1, -0.05) is 12.1 Å². The normalized spacial score (nSPS) is 11.7. The zero-order valence-corrected chi connectivity index (χ0v) is 9.23. The summed E-state index contributed by atoms with van der Waals surface area (Å²) in [4.78, 5) is 11.0. The first-order valence-electron chi connectivity index (χ1n) is 4.80. The van der Waals surface area contributed by atoms with Crippen LogP contribution >= 0.6 is 0 Å². The van der Waals surface area contributed by atoms with Crippen molar-refractivity contribution in [1.29, 1.82) is 0 Å². The Balaban J connectivity index is 2.92. The number of aryl methyl sites for hydroxylation is 2. The zero-order chi connectivity index (χ0) is 13.2. The molecule has 0 radical (unpaired) electrons. The van der Waals surface area contributed by atoms with E-state index in [4.69, 9.17) is 0 Å². The van der Waals surface area contributed by atoms with E-state index < -0.39 is 18.3 Å². The van der Waals surface area contributed by atoms with Gasteiger partial charge in [0, 0.05) is 5.69 Å². The van der Waals surface area contributed by atoms with Crippen molar-refractivity contribution in [2.24, 2.45) is 0 Å². The summed E-state index contributed by atoms with van der Waals surface area (Å²) in [6.45, 7) is 3.27. The first-order chi connectivity index (χ1) is 7.75. The number of carbonyl (C=O) groups is 1. The van der Waals surface area contributed by atoms with Gasteiger partial charge in [-0.25, -0.2) is 8.78 Å². The largest absolute Gasteiger partial charge is 0.383 e. The number of rotatable bonds is 3. The highest BCUT2D eigenvalue weighted by Crippen LogP contribution is 2.26. The molecule has 1 amide bonds. The van der Waals surface area contributed by atoms with Gasteiger partial charge in [-0.3, -0.25) is 4.79 Å². The molecule has 0 bridgehead atoms. The summed E-state index contributed by atoms with van der Waals surface area (Å²) in [5.41, 5.74) is 1.36. The van der Waals surface area contributed by atoms with Crippen LogP contribution in [0.2, 0.25) is 0 Å². The molecule has 0 unspecified atom stereocenters. The van der Waals surface area contributed by atoms with Gasteiger partial charge in [-0.05, 0) is 31.0 Å². The molecule has 0 saturated heterocycles. The van der Waals surface area contributed by atoms with Gasteiger partial charge in [-0.15, -0.1) is 0 Å². The van der Waals surface area contributed by atoms with E-state index in [2.05, 4.69) is 0 Å². The molecule has 0 aliphatic heterocycles. The van der Waals surface area contributed by atoms with Crippen molar-refractivity contribution in [2.45, 2.75) is 26.2 Å². The van der Waals surface area contributed by atoms with Gasteiger partial charge in [0.25, 0.3) is 0 Å². The Morgan fingerprint density at radius 2 is 1.88 bits per heavy atom.